The van der Waals surface area contributed by atoms with Crippen molar-refractivity contribution in [1.29, 1.82) is 0 Å². The number of benzene rings is 1. The van der Waals surface area contributed by atoms with Crippen molar-refractivity contribution in [2.75, 3.05) is 0 Å². The summed E-state index contributed by atoms with van der Waals surface area (Å²) in [7, 11) is 0. The Hall–Kier alpha value is -3.29. The Labute approximate surface area is 183 Å². The molecule has 0 spiro atoms. The molecule has 2 atom stereocenters. The van der Waals surface area contributed by atoms with E-state index in [1.165, 1.54) is 6.07 Å². The molecule has 1 fully saturated rings. The maximum absolute atomic E-state index is 15.0. The average Bonchev–Trinajstić information content (AvgIpc) is 3.43. The molecule has 0 bridgehead atoms. The van der Waals surface area contributed by atoms with E-state index in [0.717, 1.165) is 27.8 Å². The molecule has 166 valence electrons. The standard InChI is InChI=1S/C24H24F2N4O2/c1-12(2)21-19(14-6-7-24(26,10-14)23(31)32)20-18(9-15-11-27-29-22(15)28-20)30(21)16-4-5-17(25)13(3)8-16/h4-5,8-9,11-12,14H,6-7,10H2,1-3H3,(H,31,32)(H,27,28,29)/t14?,24-/m0/s1. The second-order valence-corrected chi connectivity index (χ2v) is 9.10. The van der Waals surface area contributed by atoms with Crippen molar-refractivity contribution in [3.8, 4) is 5.69 Å². The van der Waals surface area contributed by atoms with E-state index in [4.69, 9.17) is 4.98 Å². The maximum atomic E-state index is 15.0. The molecular formula is C24H24F2N4O2. The second-order valence-electron chi connectivity index (χ2n) is 9.10. The van der Waals surface area contributed by atoms with Crippen molar-refractivity contribution in [2.45, 2.75) is 57.5 Å². The van der Waals surface area contributed by atoms with Crippen LogP contribution in [0.5, 0.6) is 0 Å². The Balaban J connectivity index is 1.84. The summed E-state index contributed by atoms with van der Waals surface area (Å²) in [4.78, 5) is 16.4. The molecule has 1 aliphatic carbocycles. The molecule has 5 rings (SSSR count). The maximum Gasteiger partial charge on any atom is 0.341 e. The third-order valence-electron chi connectivity index (χ3n) is 6.62. The topological polar surface area (TPSA) is 83.8 Å². The van der Waals surface area contributed by atoms with Gasteiger partial charge in [-0.1, -0.05) is 13.8 Å². The number of fused-ring (bicyclic) bond motifs is 2. The quantitative estimate of drug-likeness (QED) is 0.439. The number of hydrogen-bond acceptors (Lipinski definition) is 3. The lowest BCUT2D eigenvalue weighted by Crippen LogP contribution is -2.30. The molecular weight excluding hydrogens is 414 g/mol. The van der Waals surface area contributed by atoms with Gasteiger partial charge in [0.2, 0.25) is 5.67 Å². The van der Waals surface area contributed by atoms with Crippen molar-refractivity contribution in [3.63, 3.8) is 0 Å². The van der Waals surface area contributed by atoms with E-state index in [1.807, 2.05) is 19.9 Å². The number of halogens is 2. The smallest absolute Gasteiger partial charge is 0.341 e. The zero-order valence-corrected chi connectivity index (χ0v) is 18.1. The van der Waals surface area contributed by atoms with Gasteiger partial charge in [0.15, 0.2) is 5.65 Å². The van der Waals surface area contributed by atoms with Crippen LogP contribution in [0.25, 0.3) is 27.8 Å². The highest BCUT2D eigenvalue weighted by Gasteiger charge is 2.48. The van der Waals surface area contributed by atoms with E-state index >= 15 is 4.39 Å². The lowest BCUT2D eigenvalue weighted by molar-refractivity contribution is -0.150. The number of pyridine rings is 1. The summed E-state index contributed by atoms with van der Waals surface area (Å²) in [5, 5.41) is 17.2. The Morgan fingerprint density at radius 1 is 1.34 bits per heavy atom. The average molecular weight is 438 g/mol. The van der Waals surface area contributed by atoms with Crippen LogP contribution in [0.4, 0.5) is 8.78 Å². The van der Waals surface area contributed by atoms with Crippen LogP contribution in [0.3, 0.4) is 0 Å². The van der Waals surface area contributed by atoms with E-state index in [1.54, 1.807) is 25.3 Å². The number of carboxylic acids is 1. The molecule has 0 saturated heterocycles. The van der Waals surface area contributed by atoms with Gasteiger partial charge in [-0.05, 0) is 67.9 Å². The van der Waals surface area contributed by atoms with Crippen molar-refractivity contribution < 1.29 is 18.7 Å². The van der Waals surface area contributed by atoms with Crippen molar-refractivity contribution in [2.24, 2.45) is 0 Å². The first-order chi connectivity index (χ1) is 15.2. The minimum absolute atomic E-state index is 0.0286. The Morgan fingerprint density at radius 2 is 2.12 bits per heavy atom. The molecule has 2 N–H and O–H groups in total. The molecule has 6 nitrogen and oxygen atoms in total. The van der Waals surface area contributed by atoms with Gasteiger partial charge < -0.3 is 9.67 Å². The highest BCUT2D eigenvalue weighted by Crippen LogP contribution is 2.49. The number of aromatic amines is 1. The SMILES string of the molecule is Cc1cc(-n2c(C(C)C)c(C3CC[C@@](F)(C(=O)O)C3)c3nc4[nH]ncc4cc32)ccc1F. The molecule has 3 aromatic heterocycles. The number of rotatable bonds is 4. The zero-order chi connectivity index (χ0) is 22.8. The van der Waals surface area contributed by atoms with Gasteiger partial charge in [0, 0.05) is 22.3 Å². The van der Waals surface area contributed by atoms with Gasteiger partial charge in [0.05, 0.1) is 17.2 Å². The van der Waals surface area contributed by atoms with E-state index in [-0.39, 0.29) is 30.5 Å². The first-order valence-corrected chi connectivity index (χ1v) is 10.8. The third-order valence-corrected chi connectivity index (χ3v) is 6.62. The number of aliphatic carboxylic acids is 1. The van der Waals surface area contributed by atoms with Gasteiger partial charge in [0.1, 0.15) is 5.82 Å². The molecule has 1 saturated carbocycles. The minimum Gasteiger partial charge on any atom is -0.479 e. The molecule has 0 aliphatic heterocycles. The number of nitrogens with one attached hydrogen (secondary N) is 1. The van der Waals surface area contributed by atoms with Gasteiger partial charge in [-0.25, -0.2) is 18.6 Å². The molecule has 1 aliphatic rings. The van der Waals surface area contributed by atoms with Crippen LogP contribution in [0.1, 0.15) is 61.8 Å². The molecule has 3 heterocycles. The third kappa shape index (κ3) is 3.00. The molecule has 1 aromatic carbocycles. The van der Waals surface area contributed by atoms with E-state index in [9.17, 15) is 14.3 Å². The van der Waals surface area contributed by atoms with E-state index in [0.29, 0.717) is 23.1 Å². The summed E-state index contributed by atoms with van der Waals surface area (Å²) in [6.07, 6.45) is 1.99. The zero-order valence-electron chi connectivity index (χ0n) is 18.1. The molecule has 4 aromatic rings. The van der Waals surface area contributed by atoms with Gasteiger partial charge in [0.25, 0.3) is 0 Å². The Morgan fingerprint density at radius 3 is 2.78 bits per heavy atom. The fourth-order valence-electron chi connectivity index (χ4n) is 5.06. The first kappa shape index (κ1) is 20.6. The Kier molecular flexibility index (Phi) is 4.58. The molecule has 8 heteroatoms. The van der Waals surface area contributed by atoms with Crippen LogP contribution in [-0.2, 0) is 4.79 Å². The van der Waals surface area contributed by atoms with Crippen LogP contribution in [0, 0.1) is 12.7 Å². The number of aryl methyl sites for hydroxylation is 1. The summed E-state index contributed by atoms with van der Waals surface area (Å²) < 4.78 is 31.1. The number of carbonyl (C=O) groups is 1. The van der Waals surface area contributed by atoms with Gasteiger partial charge in [-0.2, -0.15) is 5.10 Å². The lowest BCUT2D eigenvalue weighted by atomic mass is 9.91. The molecule has 32 heavy (non-hydrogen) atoms. The number of nitrogens with zero attached hydrogens (tertiary/aromatic N) is 3. The van der Waals surface area contributed by atoms with Crippen LogP contribution in [0.2, 0.25) is 0 Å². The number of H-pyrrole nitrogens is 1. The lowest BCUT2D eigenvalue weighted by Gasteiger charge is -2.19. The van der Waals surface area contributed by atoms with Crippen LogP contribution >= 0.6 is 0 Å². The van der Waals surface area contributed by atoms with Gasteiger partial charge in [-0.15, -0.1) is 0 Å². The largest absolute Gasteiger partial charge is 0.479 e. The van der Waals surface area contributed by atoms with Crippen molar-refractivity contribution >= 4 is 28.0 Å². The Bertz CT molecular complexity index is 1370. The predicted molar refractivity (Wildman–Crippen MR) is 118 cm³/mol. The summed E-state index contributed by atoms with van der Waals surface area (Å²) in [6.45, 7) is 5.81. The predicted octanol–water partition coefficient (Wildman–Crippen LogP) is 5.53. The fraction of sp³-hybridized carbons (Fsp3) is 0.375. The number of aromatic nitrogens is 4. The fourth-order valence-corrected chi connectivity index (χ4v) is 5.06. The number of alkyl halides is 1. The molecule has 0 amide bonds. The number of carboxylic acid groups (broad SMARTS) is 1. The molecule has 0 radical (unpaired) electrons. The first-order valence-electron chi connectivity index (χ1n) is 10.8. The van der Waals surface area contributed by atoms with Crippen LogP contribution < -0.4 is 0 Å². The van der Waals surface area contributed by atoms with Gasteiger partial charge >= 0.3 is 5.97 Å². The van der Waals surface area contributed by atoms with Crippen molar-refractivity contribution in [1.82, 2.24) is 19.7 Å². The highest BCUT2D eigenvalue weighted by molar-refractivity contribution is 5.94. The minimum atomic E-state index is -2.24. The normalized spacial score (nSPS) is 21.2. The summed E-state index contributed by atoms with van der Waals surface area (Å²) in [5.74, 6) is -1.94. The highest BCUT2D eigenvalue weighted by atomic mass is 19.1. The van der Waals surface area contributed by atoms with Crippen LogP contribution in [-0.4, -0.2) is 36.5 Å². The van der Waals surface area contributed by atoms with E-state index < -0.39 is 11.6 Å². The van der Waals surface area contributed by atoms with Crippen LogP contribution in [0.15, 0.2) is 30.5 Å². The van der Waals surface area contributed by atoms with Gasteiger partial charge in [-0.3, -0.25) is 5.10 Å². The summed E-state index contributed by atoms with van der Waals surface area (Å²) in [6, 6.07) is 6.93. The van der Waals surface area contributed by atoms with Crippen molar-refractivity contribution in [3.05, 3.63) is 53.1 Å². The molecule has 1 unspecified atom stereocenters. The monoisotopic (exact) mass is 438 g/mol. The van der Waals surface area contributed by atoms with E-state index in [2.05, 4.69) is 14.8 Å². The summed E-state index contributed by atoms with van der Waals surface area (Å²) >= 11 is 0. The number of hydrogen-bond donors (Lipinski definition) is 2. The second kappa shape index (κ2) is 7.12. The summed E-state index contributed by atoms with van der Waals surface area (Å²) in [5.41, 5.74) is 3.01.